The summed E-state index contributed by atoms with van der Waals surface area (Å²) in [5.41, 5.74) is 0.914. The number of rotatable bonds is 5. The first kappa shape index (κ1) is 14.0. The molecule has 0 radical (unpaired) electrons. The molecule has 1 N–H and O–H groups in total. The van der Waals surface area contributed by atoms with E-state index in [1.165, 1.54) is 12.1 Å². The lowest BCUT2D eigenvalue weighted by atomic mass is 10.0. The van der Waals surface area contributed by atoms with E-state index < -0.39 is 0 Å². The third-order valence-electron chi connectivity index (χ3n) is 3.06. The van der Waals surface area contributed by atoms with Crippen molar-refractivity contribution in [1.29, 1.82) is 0 Å². The van der Waals surface area contributed by atoms with Gasteiger partial charge in [-0.15, -0.1) is 0 Å². The number of benzene rings is 1. The van der Waals surface area contributed by atoms with Crippen molar-refractivity contribution < 1.29 is 4.39 Å². The third kappa shape index (κ3) is 3.33. The van der Waals surface area contributed by atoms with Crippen molar-refractivity contribution in [2.45, 2.75) is 19.4 Å². The third-order valence-corrected chi connectivity index (χ3v) is 3.41. The highest BCUT2D eigenvalue weighted by Crippen LogP contribution is 2.23. The second-order valence-corrected chi connectivity index (χ2v) is 4.85. The van der Waals surface area contributed by atoms with Gasteiger partial charge in [-0.3, -0.25) is 0 Å². The lowest BCUT2D eigenvalue weighted by Gasteiger charge is -2.18. The molecule has 0 amide bonds. The Balaban J connectivity index is 2.24. The first-order valence-corrected chi connectivity index (χ1v) is 6.64. The molecule has 0 aliphatic rings. The quantitative estimate of drug-likeness (QED) is 0.913. The summed E-state index contributed by atoms with van der Waals surface area (Å²) in [7, 11) is 1.96. The van der Waals surface area contributed by atoms with Crippen LogP contribution in [0.5, 0.6) is 0 Å². The molecule has 0 saturated carbocycles. The van der Waals surface area contributed by atoms with E-state index in [0.29, 0.717) is 11.4 Å². The van der Waals surface area contributed by atoms with E-state index in [9.17, 15) is 4.39 Å². The van der Waals surface area contributed by atoms with Crippen LogP contribution < -0.4 is 5.32 Å². The van der Waals surface area contributed by atoms with E-state index in [4.69, 9.17) is 11.6 Å². The Morgan fingerprint density at radius 1 is 1.47 bits per heavy atom. The van der Waals surface area contributed by atoms with Crippen molar-refractivity contribution in [2.24, 2.45) is 7.05 Å². The molecule has 5 heteroatoms. The second kappa shape index (κ2) is 6.17. The lowest BCUT2D eigenvalue weighted by Crippen LogP contribution is -2.25. The van der Waals surface area contributed by atoms with Crippen molar-refractivity contribution in [3.8, 4) is 0 Å². The molecule has 2 aromatic rings. The molecule has 1 aromatic carbocycles. The molecule has 1 unspecified atom stereocenters. The average molecular weight is 282 g/mol. The maximum atomic E-state index is 13.1. The SMILES string of the molecule is CCNC(Cc1ccc(F)cc1Cl)c1nccn1C. The fourth-order valence-electron chi connectivity index (χ4n) is 2.12. The largest absolute Gasteiger partial charge is 0.337 e. The molecule has 1 aromatic heterocycles. The van der Waals surface area contributed by atoms with E-state index in [1.807, 2.05) is 24.7 Å². The van der Waals surface area contributed by atoms with Crippen molar-refractivity contribution in [2.75, 3.05) is 6.54 Å². The van der Waals surface area contributed by atoms with Crippen LogP contribution in [-0.4, -0.2) is 16.1 Å². The van der Waals surface area contributed by atoms with E-state index in [1.54, 1.807) is 12.3 Å². The molecule has 19 heavy (non-hydrogen) atoms. The van der Waals surface area contributed by atoms with Crippen molar-refractivity contribution in [3.63, 3.8) is 0 Å². The fraction of sp³-hybridized carbons (Fsp3) is 0.357. The summed E-state index contributed by atoms with van der Waals surface area (Å²) in [6.07, 6.45) is 4.36. The Labute approximate surface area is 117 Å². The summed E-state index contributed by atoms with van der Waals surface area (Å²) < 4.78 is 15.0. The van der Waals surface area contributed by atoms with Gasteiger partial charge in [0.1, 0.15) is 11.6 Å². The van der Waals surface area contributed by atoms with E-state index in [2.05, 4.69) is 10.3 Å². The molecule has 0 aliphatic heterocycles. The Morgan fingerprint density at radius 2 is 2.26 bits per heavy atom. The van der Waals surface area contributed by atoms with Gasteiger partial charge in [-0.25, -0.2) is 9.37 Å². The minimum Gasteiger partial charge on any atom is -0.337 e. The molecule has 2 rings (SSSR count). The number of likely N-dealkylation sites (N-methyl/N-ethyl adjacent to an activating group) is 1. The van der Waals surface area contributed by atoms with Crippen LogP contribution in [0, 0.1) is 5.82 Å². The molecule has 1 atom stereocenters. The normalized spacial score (nSPS) is 12.6. The highest BCUT2D eigenvalue weighted by molar-refractivity contribution is 6.31. The van der Waals surface area contributed by atoms with Crippen LogP contribution in [0.15, 0.2) is 30.6 Å². The van der Waals surface area contributed by atoms with Crippen LogP contribution in [0.25, 0.3) is 0 Å². The standard InChI is InChI=1S/C14H17ClFN3/c1-3-17-13(14-18-6-7-19(14)2)8-10-4-5-11(16)9-12(10)15/h4-7,9,13,17H,3,8H2,1-2H3. The van der Waals surface area contributed by atoms with Gasteiger partial charge in [0.2, 0.25) is 0 Å². The van der Waals surface area contributed by atoms with Crippen LogP contribution in [0.2, 0.25) is 5.02 Å². The Bertz CT molecular complexity index is 553. The minimum atomic E-state index is -0.314. The van der Waals surface area contributed by atoms with Gasteiger partial charge in [-0.2, -0.15) is 0 Å². The van der Waals surface area contributed by atoms with Crippen molar-refractivity contribution in [1.82, 2.24) is 14.9 Å². The van der Waals surface area contributed by atoms with Gasteiger partial charge < -0.3 is 9.88 Å². The molecule has 1 heterocycles. The van der Waals surface area contributed by atoms with E-state index >= 15 is 0 Å². The first-order chi connectivity index (χ1) is 9.11. The number of hydrogen-bond acceptors (Lipinski definition) is 2. The summed E-state index contributed by atoms with van der Waals surface area (Å²) in [4.78, 5) is 4.36. The number of nitrogens with one attached hydrogen (secondary N) is 1. The van der Waals surface area contributed by atoms with E-state index in [-0.39, 0.29) is 11.9 Å². The number of nitrogens with zero attached hydrogens (tertiary/aromatic N) is 2. The number of aromatic nitrogens is 2. The number of aryl methyl sites for hydroxylation is 1. The molecule has 3 nitrogen and oxygen atoms in total. The molecule has 0 aliphatic carbocycles. The van der Waals surface area contributed by atoms with Gasteiger partial charge in [0.05, 0.1) is 6.04 Å². The van der Waals surface area contributed by atoms with Crippen LogP contribution in [0.1, 0.15) is 24.4 Å². The number of imidazole rings is 1. The highest BCUT2D eigenvalue weighted by atomic mass is 35.5. The number of halogens is 2. The zero-order valence-corrected chi connectivity index (χ0v) is 11.8. The molecule has 0 fully saturated rings. The summed E-state index contributed by atoms with van der Waals surface area (Å²) in [6.45, 7) is 2.87. The Hall–Kier alpha value is -1.39. The average Bonchev–Trinajstić information content (AvgIpc) is 2.78. The number of hydrogen-bond donors (Lipinski definition) is 1. The van der Waals surface area contributed by atoms with Gasteiger partial charge in [-0.1, -0.05) is 24.6 Å². The van der Waals surface area contributed by atoms with Crippen LogP contribution in [-0.2, 0) is 13.5 Å². The van der Waals surface area contributed by atoms with Gasteiger partial charge in [-0.05, 0) is 30.7 Å². The molecule has 0 bridgehead atoms. The fourth-order valence-corrected chi connectivity index (χ4v) is 2.37. The Kier molecular flexibility index (Phi) is 4.56. The summed E-state index contributed by atoms with van der Waals surface area (Å²) >= 11 is 6.08. The van der Waals surface area contributed by atoms with Gasteiger partial charge in [0.25, 0.3) is 0 Å². The molecule has 0 spiro atoms. The molecular weight excluding hydrogens is 265 g/mol. The lowest BCUT2D eigenvalue weighted by molar-refractivity contribution is 0.506. The minimum absolute atomic E-state index is 0.0629. The highest BCUT2D eigenvalue weighted by Gasteiger charge is 2.17. The summed E-state index contributed by atoms with van der Waals surface area (Å²) in [5, 5.41) is 3.84. The maximum Gasteiger partial charge on any atom is 0.125 e. The van der Waals surface area contributed by atoms with Gasteiger partial charge in [0, 0.05) is 24.5 Å². The van der Waals surface area contributed by atoms with Crippen LogP contribution >= 0.6 is 11.6 Å². The predicted octanol–water partition coefficient (Wildman–Crippen LogP) is 3.11. The zero-order chi connectivity index (χ0) is 13.8. The second-order valence-electron chi connectivity index (χ2n) is 4.45. The van der Waals surface area contributed by atoms with Crippen molar-refractivity contribution >= 4 is 11.6 Å². The predicted molar refractivity (Wildman–Crippen MR) is 74.7 cm³/mol. The Morgan fingerprint density at radius 3 is 2.84 bits per heavy atom. The maximum absolute atomic E-state index is 13.1. The molecular formula is C14H17ClFN3. The van der Waals surface area contributed by atoms with E-state index in [0.717, 1.165) is 17.9 Å². The monoisotopic (exact) mass is 281 g/mol. The molecule has 102 valence electrons. The van der Waals surface area contributed by atoms with Crippen LogP contribution in [0.3, 0.4) is 0 Å². The first-order valence-electron chi connectivity index (χ1n) is 6.26. The summed E-state index contributed by atoms with van der Waals surface area (Å²) in [5.74, 6) is 0.632. The van der Waals surface area contributed by atoms with Crippen molar-refractivity contribution in [3.05, 3.63) is 52.8 Å². The van der Waals surface area contributed by atoms with Crippen LogP contribution in [0.4, 0.5) is 4.39 Å². The zero-order valence-electron chi connectivity index (χ0n) is 11.0. The van der Waals surface area contributed by atoms with Gasteiger partial charge >= 0.3 is 0 Å². The topological polar surface area (TPSA) is 29.9 Å². The summed E-state index contributed by atoms with van der Waals surface area (Å²) in [6, 6.07) is 4.57. The smallest absolute Gasteiger partial charge is 0.125 e. The van der Waals surface area contributed by atoms with Gasteiger partial charge in [0.15, 0.2) is 0 Å². The molecule has 0 saturated heterocycles.